The molecule has 0 bridgehead atoms. The van der Waals surface area contributed by atoms with Crippen LogP contribution in [-0.2, 0) is 20.8 Å². The van der Waals surface area contributed by atoms with Crippen molar-refractivity contribution in [3.8, 4) is 0 Å². The van der Waals surface area contributed by atoms with Crippen LogP contribution < -0.4 is 16.4 Å². The fourth-order valence-corrected chi connectivity index (χ4v) is 3.45. The first kappa shape index (κ1) is 23.7. The molecule has 0 saturated carbocycles. The van der Waals surface area contributed by atoms with Crippen molar-refractivity contribution in [3.63, 3.8) is 0 Å². The molecule has 0 saturated heterocycles. The van der Waals surface area contributed by atoms with E-state index in [1.165, 1.54) is 18.7 Å². The summed E-state index contributed by atoms with van der Waals surface area (Å²) < 4.78 is 0. The predicted molar refractivity (Wildman–Crippen MR) is 116 cm³/mol. The molecule has 4 atom stereocenters. The van der Waals surface area contributed by atoms with Crippen LogP contribution in [0.2, 0.25) is 0 Å². The number of amides is 2. The number of fused-ring (bicyclic) bond motifs is 1. The summed E-state index contributed by atoms with van der Waals surface area (Å²) in [4.78, 5) is 39.9. The number of carbonyl (C=O) groups excluding carboxylic acids is 2. The molecule has 4 unspecified atom stereocenters. The van der Waals surface area contributed by atoms with Crippen LogP contribution >= 0.6 is 11.8 Å². The van der Waals surface area contributed by atoms with E-state index in [-0.39, 0.29) is 12.8 Å². The topological polar surface area (TPSA) is 158 Å². The van der Waals surface area contributed by atoms with Crippen molar-refractivity contribution < 1.29 is 24.6 Å². The summed E-state index contributed by atoms with van der Waals surface area (Å²) in [6, 6.07) is 4.17. The molecule has 2 aromatic rings. The molecule has 0 aliphatic rings. The Balaban J connectivity index is 2.24. The number of carbonyl (C=O) groups is 3. The molecule has 1 aromatic heterocycles. The zero-order valence-electron chi connectivity index (χ0n) is 16.9. The van der Waals surface area contributed by atoms with E-state index >= 15 is 0 Å². The number of carboxylic acid groups (broad SMARTS) is 1. The summed E-state index contributed by atoms with van der Waals surface area (Å²) in [6.45, 7) is 1.38. The third-order valence-corrected chi connectivity index (χ3v) is 5.42. The Hall–Kier alpha value is -2.56. The first-order valence-electron chi connectivity index (χ1n) is 9.55. The van der Waals surface area contributed by atoms with Crippen LogP contribution in [0.1, 0.15) is 18.9 Å². The highest BCUT2D eigenvalue weighted by Crippen LogP contribution is 2.19. The lowest BCUT2D eigenvalue weighted by Crippen LogP contribution is -2.57. The highest BCUT2D eigenvalue weighted by Gasteiger charge is 2.29. The average molecular weight is 437 g/mol. The molecule has 1 aromatic carbocycles. The van der Waals surface area contributed by atoms with Gasteiger partial charge in [-0.1, -0.05) is 18.2 Å². The third kappa shape index (κ3) is 6.22. The van der Waals surface area contributed by atoms with Gasteiger partial charge in [0.05, 0.1) is 6.10 Å². The van der Waals surface area contributed by atoms with Crippen LogP contribution in [0.25, 0.3) is 10.9 Å². The van der Waals surface area contributed by atoms with E-state index in [0.29, 0.717) is 5.75 Å². The summed E-state index contributed by atoms with van der Waals surface area (Å²) >= 11 is 1.47. The maximum absolute atomic E-state index is 12.9. The number of thioether (sulfide) groups is 1. The molecule has 30 heavy (non-hydrogen) atoms. The number of nitrogens with two attached hydrogens (primary N) is 1. The number of para-hydroxylation sites is 1. The van der Waals surface area contributed by atoms with Crippen molar-refractivity contribution in [1.82, 2.24) is 15.6 Å². The number of hydrogen-bond acceptors (Lipinski definition) is 6. The standard InChI is InChI=1S/C20H28N4O5S/c1-11(25)17(21)19(27)24-16(18(26)23-15(20(28)29)7-8-30-2)9-12-10-22-14-6-4-3-5-13(12)14/h3-6,10-11,15-17,22,25H,7-9,21H2,1-2H3,(H,23,26)(H,24,27)(H,28,29). The van der Waals surface area contributed by atoms with Crippen molar-refractivity contribution in [3.05, 3.63) is 36.0 Å². The number of benzene rings is 1. The summed E-state index contributed by atoms with van der Waals surface area (Å²) in [5.41, 5.74) is 7.35. The Kier molecular flexibility index (Phi) is 8.70. The van der Waals surface area contributed by atoms with E-state index in [9.17, 15) is 24.6 Å². The molecule has 0 radical (unpaired) electrons. The van der Waals surface area contributed by atoms with E-state index < -0.39 is 42.0 Å². The summed E-state index contributed by atoms with van der Waals surface area (Å²) in [5, 5.41) is 24.9. The van der Waals surface area contributed by atoms with Gasteiger partial charge in [0.15, 0.2) is 0 Å². The average Bonchev–Trinajstić information content (AvgIpc) is 3.12. The Bertz CT molecular complexity index is 885. The highest BCUT2D eigenvalue weighted by atomic mass is 32.2. The number of rotatable bonds is 11. The van der Waals surface area contributed by atoms with Crippen molar-refractivity contribution in [2.75, 3.05) is 12.0 Å². The van der Waals surface area contributed by atoms with Crippen LogP contribution in [0.15, 0.2) is 30.5 Å². The minimum Gasteiger partial charge on any atom is -0.480 e. The molecule has 2 amide bonds. The van der Waals surface area contributed by atoms with Gasteiger partial charge in [-0.3, -0.25) is 9.59 Å². The van der Waals surface area contributed by atoms with Crippen LogP contribution in [0.5, 0.6) is 0 Å². The van der Waals surface area contributed by atoms with E-state index in [2.05, 4.69) is 15.6 Å². The molecular formula is C20H28N4O5S. The Labute approximate surface area is 178 Å². The van der Waals surface area contributed by atoms with Crippen molar-refractivity contribution in [2.24, 2.45) is 5.73 Å². The second-order valence-corrected chi connectivity index (χ2v) is 8.06. The zero-order chi connectivity index (χ0) is 22.3. The SMILES string of the molecule is CSCCC(NC(=O)C(Cc1c[nH]c2ccccc12)NC(=O)C(N)C(C)O)C(=O)O. The third-order valence-electron chi connectivity index (χ3n) is 4.78. The minimum atomic E-state index is -1.21. The second kappa shape index (κ2) is 11.0. The monoisotopic (exact) mass is 436 g/mol. The number of aliphatic carboxylic acids is 1. The highest BCUT2D eigenvalue weighted by molar-refractivity contribution is 7.98. The molecule has 1 heterocycles. The molecule has 9 nitrogen and oxygen atoms in total. The summed E-state index contributed by atoms with van der Waals surface area (Å²) in [6.07, 6.45) is 2.87. The Morgan fingerprint density at radius 3 is 2.47 bits per heavy atom. The normalized spacial score (nSPS) is 15.2. The Morgan fingerprint density at radius 1 is 1.17 bits per heavy atom. The lowest BCUT2D eigenvalue weighted by atomic mass is 10.0. The molecule has 164 valence electrons. The van der Waals surface area contributed by atoms with Gasteiger partial charge in [-0.05, 0) is 37.0 Å². The first-order chi connectivity index (χ1) is 14.2. The number of aliphatic hydroxyl groups excluding tert-OH is 1. The van der Waals surface area contributed by atoms with Crippen LogP contribution in [-0.4, -0.2) is 69.2 Å². The number of aromatic nitrogens is 1. The van der Waals surface area contributed by atoms with Crippen molar-refractivity contribution in [1.29, 1.82) is 0 Å². The zero-order valence-corrected chi connectivity index (χ0v) is 17.7. The number of aliphatic hydroxyl groups is 1. The molecular weight excluding hydrogens is 408 g/mol. The van der Waals surface area contributed by atoms with Gasteiger partial charge in [0, 0.05) is 23.5 Å². The summed E-state index contributed by atoms with van der Waals surface area (Å²) in [7, 11) is 0. The molecule has 0 aliphatic heterocycles. The van der Waals surface area contributed by atoms with Gasteiger partial charge in [0.2, 0.25) is 11.8 Å². The molecule has 2 rings (SSSR count). The largest absolute Gasteiger partial charge is 0.480 e. The van der Waals surface area contributed by atoms with Crippen molar-refractivity contribution >= 4 is 40.4 Å². The predicted octanol–water partition coefficient (Wildman–Crippen LogP) is 0.226. The van der Waals surface area contributed by atoms with Gasteiger partial charge in [-0.2, -0.15) is 11.8 Å². The number of nitrogens with one attached hydrogen (secondary N) is 3. The number of aromatic amines is 1. The van der Waals surface area contributed by atoms with Gasteiger partial charge in [-0.25, -0.2) is 4.79 Å². The van der Waals surface area contributed by atoms with Gasteiger partial charge in [-0.15, -0.1) is 0 Å². The quantitative estimate of drug-likeness (QED) is 0.294. The maximum Gasteiger partial charge on any atom is 0.326 e. The molecule has 0 spiro atoms. The molecule has 0 aliphatic carbocycles. The number of H-pyrrole nitrogens is 1. The fourth-order valence-electron chi connectivity index (χ4n) is 2.98. The van der Waals surface area contributed by atoms with Crippen LogP contribution in [0.3, 0.4) is 0 Å². The lowest BCUT2D eigenvalue weighted by molar-refractivity contribution is -0.142. The van der Waals surface area contributed by atoms with E-state index in [0.717, 1.165) is 16.5 Å². The van der Waals surface area contributed by atoms with Crippen molar-refractivity contribution in [2.45, 2.75) is 44.0 Å². The first-order valence-corrected chi connectivity index (χ1v) is 10.9. The minimum absolute atomic E-state index is 0.128. The van der Waals surface area contributed by atoms with Gasteiger partial charge in [0.1, 0.15) is 18.1 Å². The Morgan fingerprint density at radius 2 is 1.83 bits per heavy atom. The van der Waals surface area contributed by atoms with Crippen LogP contribution in [0.4, 0.5) is 0 Å². The van der Waals surface area contributed by atoms with Crippen LogP contribution in [0, 0.1) is 0 Å². The van der Waals surface area contributed by atoms with E-state index in [4.69, 9.17) is 5.73 Å². The van der Waals surface area contributed by atoms with Gasteiger partial charge < -0.3 is 31.6 Å². The fraction of sp³-hybridized carbons (Fsp3) is 0.450. The number of hydrogen-bond donors (Lipinski definition) is 6. The summed E-state index contributed by atoms with van der Waals surface area (Å²) in [5.74, 6) is -1.90. The lowest BCUT2D eigenvalue weighted by Gasteiger charge is -2.23. The van der Waals surface area contributed by atoms with Gasteiger partial charge in [0.25, 0.3) is 0 Å². The smallest absolute Gasteiger partial charge is 0.326 e. The van der Waals surface area contributed by atoms with E-state index in [1.807, 2.05) is 30.5 Å². The second-order valence-electron chi connectivity index (χ2n) is 7.07. The molecule has 0 fully saturated rings. The molecule has 10 heteroatoms. The number of carboxylic acids is 1. The molecule has 7 N–H and O–H groups in total. The maximum atomic E-state index is 12.9. The van der Waals surface area contributed by atoms with Gasteiger partial charge >= 0.3 is 5.97 Å². The van der Waals surface area contributed by atoms with E-state index in [1.54, 1.807) is 6.20 Å².